The molecular formula is C10H10BrF2NO. The molecule has 0 heterocycles. The molecule has 1 atom stereocenters. The van der Waals surface area contributed by atoms with Crippen LogP contribution in [0.25, 0.3) is 0 Å². The fourth-order valence-corrected chi connectivity index (χ4v) is 1.35. The predicted octanol–water partition coefficient (Wildman–Crippen LogP) is 2.54. The van der Waals surface area contributed by atoms with Gasteiger partial charge in [0, 0.05) is 6.07 Å². The Balaban J connectivity index is 2.81. The molecule has 0 aliphatic rings. The Labute approximate surface area is 94.8 Å². The highest BCUT2D eigenvalue weighted by Crippen LogP contribution is 2.15. The average molecular weight is 278 g/mol. The molecule has 0 unspecified atom stereocenters. The molecule has 1 aromatic rings. The molecule has 1 amide bonds. The molecular weight excluding hydrogens is 268 g/mol. The van der Waals surface area contributed by atoms with Crippen molar-refractivity contribution in [2.45, 2.75) is 13.0 Å². The minimum absolute atomic E-state index is 0.162. The summed E-state index contributed by atoms with van der Waals surface area (Å²) in [5, 5.41) is 2.74. The number of amides is 1. The van der Waals surface area contributed by atoms with Gasteiger partial charge in [0.1, 0.15) is 11.6 Å². The zero-order chi connectivity index (χ0) is 11.4. The standard InChI is InChI=1S/C10H10BrF2NO/c1-6(14-10(15)5-11)7-2-8(12)4-9(13)3-7/h2-4,6H,5H2,1H3,(H,14,15)/t6-/m0/s1. The van der Waals surface area contributed by atoms with Crippen molar-refractivity contribution in [1.82, 2.24) is 5.32 Å². The number of halogens is 3. The van der Waals surface area contributed by atoms with Gasteiger partial charge in [0.05, 0.1) is 11.4 Å². The van der Waals surface area contributed by atoms with Gasteiger partial charge in [0.25, 0.3) is 0 Å². The number of hydrogen-bond acceptors (Lipinski definition) is 1. The van der Waals surface area contributed by atoms with E-state index in [0.29, 0.717) is 5.56 Å². The van der Waals surface area contributed by atoms with Gasteiger partial charge in [0.15, 0.2) is 0 Å². The van der Waals surface area contributed by atoms with E-state index in [1.165, 1.54) is 12.1 Å². The van der Waals surface area contributed by atoms with Crippen molar-refractivity contribution in [3.8, 4) is 0 Å². The van der Waals surface area contributed by atoms with E-state index in [-0.39, 0.29) is 11.2 Å². The summed E-state index contributed by atoms with van der Waals surface area (Å²) < 4.78 is 25.7. The number of carbonyl (C=O) groups is 1. The van der Waals surface area contributed by atoms with Crippen LogP contribution >= 0.6 is 15.9 Å². The van der Waals surface area contributed by atoms with Crippen LogP contribution in [0.3, 0.4) is 0 Å². The van der Waals surface area contributed by atoms with Crippen molar-refractivity contribution >= 4 is 21.8 Å². The number of carbonyl (C=O) groups excluding carboxylic acids is 1. The first kappa shape index (κ1) is 12.1. The zero-order valence-electron chi connectivity index (χ0n) is 8.06. The lowest BCUT2D eigenvalue weighted by Crippen LogP contribution is -2.27. The third-order valence-electron chi connectivity index (χ3n) is 1.88. The predicted molar refractivity (Wildman–Crippen MR) is 56.7 cm³/mol. The molecule has 0 aliphatic carbocycles. The number of benzene rings is 1. The minimum atomic E-state index is -0.648. The van der Waals surface area contributed by atoms with Gasteiger partial charge in [-0.1, -0.05) is 15.9 Å². The summed E-state index contributed by atoms with van der Waals surface area (Å²) in [5.74, 6) is -1.53. The van der Waals surface area contributed by atoms with Crippen LogP contribution < -0.4 is 5.32 Å². The van der Waals surface area contributed by atoms with Crippen molar-refractivity contribution in [1.29, 1.82) is 0 Å². The van der Waals surface area contributed by atoms with Gasteiger partial charge in [-0.2, -0.15) is 0 Å². The second kappa shape index (κ2) is 5.21. The van der Waals surface area contributed by atoms with Crippen LogP contribution in [0.15, 0.2) is 18.2 Å². The summed E-state index contributed by atoms with van der Waals surface area (Å²) in [6.45, 7) is 1.66. The maximum absolute atomic E-state index is 12.8. The number of alkyl halides is 1. The van der Waals surface area contributed by atoms with E-state index in [2.05, 4.69) is 21.2 Å². The van der Waals surface area contributed by atoms with Crippen molar-refractivity contribution in [2.75, 3.05) is 5.33 Å². The van der Waals surface area contributed by atoms with Gasteiger partial charge in [-0.25, -0.2) is 8.78 Å². The quantitative estimate of drug-likeness (QED) is 0.846. The van der Waals surface area contributed by atoms with Gasteiger partial charge in [0.2, 0.25) is 5.91 Å². The summed E-state index contributed by atoms with van der Waals surface area (Å²) in [4.78, 5) is 11.0. The molecule has 0 bridgehead atoms. The Morgan fingerprint density at radius 1 is 1.40 bits per heavy atom. The lowest BCUT2D eigenvalue weighted by Gasteiger charge is -2.13. The largest absolute Gasteiger partial charge is 0.349 e. The highest BCUT2D eigenvalue weighted by molar-refractivity contribution is 9.09. The second-order valence-electron chi connectivity index (χ2n) is 3.13. The molecule has 0 radical (unpaired) electrons. The summed E-state index contributed by atoms with van der Waals surface area (Å²) in [7, 11) is 0. The average Bonchev–Trinajstić information content (AvgIpc) is 2.16. The highest BCUT2D eigenvalue weighted by Gasteiger charge is 2.10. The molecule has 1 aromatic carbocycles. The van der Waals surface area contributed by atoms with Crippen LogP contribution in [-0.2, 0) is 4.79 Å². The molecule has 82 valence electrons. The fraction of sp³-hybridized carbons (Fsp3) is 0.300. The number of nitrogens with one attached hydrogen (secondary N) is 1. The van der Waals surface area contributed by atoms with Gasteiger partial charge in [-0.15, -0.1) is 0 Å². The van der Waals surface area contributed by atoms with Crippen LogP contribution in [0.5, 0.6) is 0 Å². The van der Waals surface area contributed by atoms with E-state index in [0.717, 1.165) is 6.07 Å². The monoisotopic (exact) mass is 277 g/mol. The molecule has 5 heteroatoms. The SMILES string of the molecule is C[C@H](NC(=O)CBr)c1cc(F)cc(F)c1. The van der Waals surface area contributed by atoms with Crippen LogP contribution in [0.2, 0.25) is 0 Å². The van der Waals surface area contributed by atoms with E-state index in [1.54, 1.807) is 6.92 Å². The maximum Gasteiger partial charge on any atom is 0.231 e. The molecule has 0 saturated carbocycles. The van der Waals surface area contributed by atoms with Gasteiger partial charge < -0.3 is 5.32 Å². The smallest absolute Gasteiger partial charge is 0.231 e. The number of hydrogen-bond donors (Lipinski definition) is 1. The first-order chi connectivity index (χ1) is 7.02. The van der Waals surface area contributed by atoms with Crippen LogP contribution in [-0.4, -0.2) is 11.2 Å². The van der Waals surface area contributed by atoms with Crippen molar-refractivity contribution in [3.05, 3.63) is 35.4 Å². The summed E-state index contributed by atoms with van der Waals surface area (Å²) in [6.07, 6.45) is 0. The van der Waals surface area contributed by atoms with Gasteiger partial charge >= 0.3 is 0 Å². The lowest BCUT2D eigenvalue weighted by atomic mass is 10.1. The molecule has 0 fully saturated rings. The molecule has 15 heavy (non-hydrogen) atoms. The van der Waals surface area contributed by atoms with E-state index >= 15 is 0 Å². The van der Waals surface area contributed by atoms with Gasteiger partial charge in [-0.3, -0.25) is 4.79 Å². The van der Waals surface area contributed by atoms with E-state index in [9.17, 15) is 13.6 Å². The maximum atomic E-state index is 12.8. The summed E-state index contributed by atoms with van der Waals surface area (Å²) in [5.41, 5.74) is 0.404. The molecule has 0 spiro atoms. The van der Waals surface area contributed by atoms with Crippen LogP contribution in [0.1, 0.15) is 18.5 Å². The molecule has 1 rings (SSSR count). The minimum Gasteiger partial charge on any atom is -0.349 e. The first-order valence-electron chi connectivity index (χ1n) is 4.34. The fourth-order valence-electron chi connectivity index (χ4n) is 1.19. The van der Waals surface area contributed by atoms with E-state index in [1.807, 2.05) is 0 Å². The first-order valence-corrected chi connectivity index (χ1v) is 5.46. The Hall–Kier alpha value is -0.970. The van der Waals surface area contributed by atoms with E-state index < -0.39 is 17.7 Å². The Bertz CT molecular complexity index is 350. The molecule has 0 aromatic heterocycles. The normalized spacial score (nSPS) is 12.3. The highest BCUT2D eigenvalue weighted by atomic mass is 79.9. The second-order valence-corrected chi connectivity index (χ2v) is 3.69. The summed E-state index contributed by atoms with van der Waals surface area (Å²) >= 11 is 2.98. The summed E-state index contributed by atoms with van der Waals surface area (Å²) in [6, 6.07) is 2.77. The molecule has 0 aliphatic heterocycles. The van der Waals surface area contributed by atoms with Gasteiger partial charge in [-0.05, 0) is 24.6 Å². The van der Waals surface area contributed by atoms with Crippen LogP contribution in [0.4, 0.5) is 8.78 Å². The topological polar surface area (TPSA) is 29.1 Å². The Morgan fingerprint density at radius 2 is 1.93 bits per heavy atom. The van der Waals surface area contributed by atoms with E-state index in [4.69, 9.17) is 0 Å². The Kier molecular flexibility index (Phi) is 4.20. The molecule has 2 nitrogen and oxygen atoms in total. The third kappa shape index (κ3) is 3.58. The van der Waals surface area contributed by atoms with Crippen LogP contribution in [0, 0.1) is 11.6 Å². The Morgan fingerprint density at radius 3 is 2.40 bits per heavy atom. The third-order valence-corrected chi connectivity index (χ3v) is 2.39. The lowest BCUT2D eigenvalue weighted by molar-refractivity contribution is -0.119. The van der Waals surface area contributed by atoms with Crippen molar-refractivity contribution < 1.29 is 13.6 Å². The number of rotatable bonds is 3. The van der Waals surface area contributed by atoms with Crippen molar-refractivity contribution in [3.63, 3.8) is 0 Å². The molecule has 0 saturated heterocycles. The van der Waals surface area contributed by atoms with Crippen molar-refractivity contribution in [2.24, 2.45) is 0 Å². The zero-order valence-corrected chi connectivity index (χ0v) is 9.64. The molecule has 1 N–H and O–H groups in total.